The molecule has 0 aliphatic heterocycles. The molecule has 1 aromatic heterocycles. The van der Waals surface area contributed by atoms with E-state index in [0.717, 1.165) is 17.7 Å². The van der Waals surface area contributed by atoms with Crippen molar-refractivity contribution in [3.63, 3.8) is 0 Å². The summed E-state index contributed by atoms with van der Waals surface area (Å²) in [5, 5.41) is 4.00. The highest BCUT2D eigenvalue weighted by Crippen LogP contribution is 2.16. The molecule has 0 atom stereocenters. The third-order valence-electron chi connectivity index (χ3n) is 8.01. The fraction of sp³-hybridized carbons (Fsp3) is 0.108. The molecule has 5 aromatic carbocycles. The highest BCUT2D eigenvalue weighted by molar-refractivity contribution is 7.10. The monoisotopic (exact) mass is 580 g/mol. The van der Waals surface area contributed by atoms with Gasteiger partial charge in [-0.05, 0) is 39.8 Å². The molecule has 0 spiro atoms. The van der Waals surface area contributed by atoms with Gasteiger partial charge >= 0.3 is 0 Å². The number of ether oxygens (including phenoxy) is 2. The Morgan fingerprint density at radius 2 is 1.00 bits per heavy atom. The topological polar surface area (TPSA) is 36.3 Å². The Balaban J connectivity index is 0.000000220. The number of hydrogen-bond donors (Lipinski definition) is 0. The van der Waals surface area contributed by atoms with Crippen molar-refractivity contribution in [3.8, 4) is 11.5 Å². The van der Waals surface area contributed by atoms with Crippen molar-refractivity contribution < 1.29 is 9.47 Å². The molecule has 6 heteroatoms. The highest BCUT2D eigenvalue weighted by Gasteiger charge is 2.40. The molecule has 0 unspecified atom stereocenters. The third-order valence-corrected chi connectivity index (χ3v) is 12.8. The van der Waals surface area contributed by atoms with Crippen LogP contribution in [0.1, 0.15) is 0 Å². The van der Waals surface area contributed by atoms with Gasteiger partial charge in [0.2, 0.25) is 6.71 Å². The Hall–Kier alpha value is -4.81. The molecule has 6 rings (SSSR count). The number of nitrogens with zero attached hydrogens (tertiary/aromatic N) is 2. The normalized spacial score (nSPS) is 10.8. The first-order valence-electron chi connectivity index (χ1n) is 14.5. The summed E-state index contributed by atoms with van der Waals surface area (Å²) in [5.74, 6) is 1.73. The van der Waals surface area contributed by atoms with E-state index in [1.807, 2.05) is 18.7 Å². The van der Waals surface area contributed by atoms with E-state index < -0.39 is 8.07 Å². The lowest BCUT2D eigenvalue weighted by atomic mass is 9.43. The average molecular weight is 581 g/mol. The standard InChI is InChI=1S/C24H24N2O2Si.C13H13B/c1-27-20-8-12-23(13-9-20)29(19-26-17-16-25-18-26,22-6-4-3-5-7-22)24-14-10-21(28-2)11-15-24;1-14(12-8-4-2-5-9-12)13-10-6-3-7-11-13/h3-18H,19H2,1-2H3;2-11H,1H3. The summed E-state index contributed by atoms with van der Waals surface area (Å²) in [6, 6.07) is 49.0. The van der Waals surface area contributed by atoms with Crippen LogP contribution < -0.4 is 36.0 Å². The summed E-state index contributed by atoms with van der Waals surface area (Å²) < 4.78 is 13.0. The van der Waals surface area contributed by atoms with Crippen LogP contribution in [0.2, 0.25) is 6.82 Å². The number of methoxy groups -OCH3 is 2. The summed E-state index contributed by atoms with van der Waals surface area (Å²) in [6.45, 7) is 2.72. The Labute approximate surface area is 256 Å². The number of hydrogen-bond acceptors (Lipinski definition) is 3. The van der Waals surface area contributed by atoms with Gasteiger partial charge < -0.3 is 14.0 Å². The lowest BCUT2D eigenvalue weighted by Gasteiger charge is -2.34. The van der Waals surface area contributed by atoms with Gasteiger partial charge in [0.05, 0.1) is 20.5 Å². The third kappa shape index (κ3) is 6.99. The molecule has 0 amide bonds. The van der Waals surface area contributed by atoms with Gasteiger partial charge in [-0.25, -0.2) is 4.98 Å². The first kappa shape index (κ1) is 29.7. The SMILES string of the molecule is CB(c1ccccc1)c1ccccc1.COc1ccc([Si](Cn2ccnc2)(c2ccccc2)c2ccc(OC)cc2)cc1. The molecular weight excluding hydrogens is 543 g/mol. The molecule has 0 aliphatic rings. The zero-order valence-electron chi connectivity index (χ0n) is 25.0. The molecular formula is C37H37BN2O2Si. The van der Waals surface area contributed by atoms with E-state index in [0.29, 0.717) is 6.71 Å². The lowest BCUT2D eigenvalue weighted by molar-refractivity contribution is 0.415. The number of imidazole rings is 1. The Kier molecular flexibility index (Phi) is 9.93. The van der Waals surface area contributed by atoms with Crippen molar-refractivity contribution in [2.45, 2.75) is 13.0 Å². The van der Waals surface area contributed by atoms with E-state index in [1.165, 1.54) is 26.5 Å². The van der Waals surface area contributed by atoms with Gasteiger partial charge in [0.15, 0.2) is 8.07 Å². The molecule has 0 saturated heterocycles. The predicted molar refractivity (Wildman–Crippen MR) is 183 cm³/mol. The van der Waals surface area contributed by atoms with E-state index in [1.54, 1.807) is 14.2 Å². The van der Waals surface area contributed by atoms with Crippen LogP contribution >= 0.6 is 0 Å². The highest BCUT2D eigenvalue weighted by atomic mass is 28.3. The summed E-state index contributed by atoms with van der Waals surface area (Å²) in [5.41, 5.74) is 2.75. The van der Waals surface area contributed by atoms with Crippen LogP contribution in [0.25, 0.3) is 0 Å². The van der Waals surface area contributed by atoms with Crippen molar-refractivity contribution in [1.29, 1.82) is 0 Å². The molecule has 6 aromatic rings. The number of benzene rings is 5. The Morgan fingerprint density at radius 3 is 1.40 bits per heavy atom. The maximum atomic E-state index is 5.41. The van der Waals surface area contributed by atoms with Crippen LogP contribution in [-0.4, -0.2) is 38.6 Å². The van der Waals surface area contributed by atoms with Gasteiger partial charge in [-0.15, -0.1) is 0 Å². The van der Waals surface area contributed by atoms with E-state index >= 15 is 0 Å². The van der Waals surface area contributed by atoms with Crippen molar-refractivity contribution in [2.24, 2.45) is 0 Å². The molecule has 0 bridgehead atoms. The van der Waals surface area contributed by atoms with Crippen molar-refractivity contribution in [2.75, 3.05) is 14.2 Å². The molecule has 0 radical (unpaired) electrons. The van der Waals surface area contributed by atoms with E-state index in [-0.39, 0.29) is 0 Å². The fourth-order valence-electron chi connectivity index (χ4n) is 5.58. The molecule has 0 fully saturated rings. The maximum Gasteiger partial charge on any atom is 0.206 e. The van der Waals surface area contributed by atoms with E-state index in [9.17, 15) is 0 Å². The molecule has 0 N–H and O–H groups in total. The van der Waals surface area contributed by atoms with Crippen molar-refractivity contribution in [1.82, 2.24) is 9.55 Å². The minimum atomic E-state index is -2.39. The second-order valence-corrected chi connectivity index (χ2v) is 14.4. The average Bonchev–Trinajstić information content (AvgIpc) is 3.62. The smallest absolute Gasteiger partial charge is 0.206 e. The fourth-order valence-corrected chi connectivity index (χ4v) is 10.1. The Morgan fingerprint density at radius 1 is 0.581 bits per heavy atom. The number of rotatable bonds is 9. The van der Waals surface area contributed by atoms with Crippen molar-refractivity contribution in [3.05, 3.63) is 158 Å². The molecule has 4 nitrogen and oxygen atoms in total. The number of aromatic nitrogens is 2. The zero-order valence-corrected chi connectivity index (χ0v) is 26.0. The summed E-state index contributed by atoms with van der Waals surface area (Å²) >= 11 is 0. The second-order valence-electron chi connectivity index (χ2n) is 10.5. The minimum Gasteiger partial charge on any atom is -0.497 e. The van der Waals surface area contributed by atoms with Gasteiger partial charge in [-0.1, -0.05) is 133 Å². The van der Waals surface area contributed by atoms with Gasteiger partial charge in [-0.2, -0.15) is 0 Å². The van der Waals surface area contributed by atoms with Gasteiger partial charge in [0.25, 0.3) is 0 Å². The first-order chi connectivity index (χ1) is 21.1. The molecule has 0 aliphatic carbocycles. The molecule has 43 heavy (non-hydrogen) atoms. The van der Waals surface area contributed by atoms with Crippen LogP contribution in [0.15, 0.2) is 158 Å². The van der Waals surface area contributed by atoms with Gasteiger partial charge in [0, 0.05) is 18.6 Å². The van der Waals surface area contributed by atoms with Crippen LogP contribution in [-0.2, 0) is 6.17 Å². The van der Waals surface area contributed by atoms with Crippen LogP contribution in [0.4, 0.5) is 0 Å². The largest absolute Gasteiger partial charge is 0.497 e. The summed E-state index contributed by atoms with van der Waals surface area (Å²) in [6.07, 6.45) is 6.64. The Bertz CT molecular complexity index is 1560. The molecule has 1 heterocycles. The lowest BCUT2D eigenvalue weighted by Crippen LogP contribution is -2.69. The van der Waals surface area contributed by atoms with Gasteiger partial charge in [0.1, 0.15) is 11.5 Å². The van der Waals surface area contributed by atoms with Gasteiger partial charge in [-0.3, -0.25) is 0 Å². The maximum absolute atomic E-state index is 5.41. The minimum absolute atomic E-state index is 0.484. The van der Waals surface area contributed by atoms with Crippen LogP contribution in [0.5, 0.6) is 11.5 Å². The van der Waals surface area contributed by atoms with Crippen LogP contribution in [0.3, 0.4) is 0 Å². The second kappa shape index (κ2) is 14.4. The van der Waals surface area contributed by atoms with Crippen molar-refractivity contribution >= 4 is 41.3 Å². The summed E-state index contributed by atoms with van der Waals surface area (Å²) in [4.78, 5) is 4.29. The molecule has 0 saturated carbocycles. The predicted octanol–water partition coefficient (Wildman–Crippen LogP) is 4.54. The first-order valence-corrected chi connectivity index (χ1v) is 16.7. The summed E-state index contributed by atoms with van der Waals surface area (Å²) in [7, 11) is 1.01. The quantitative estimate of drug-likeness (QED) is 0.186. The van der Waals surface area contributed by atoms with Crippen LogP contribution in [0, 0.1) is 0 Å². The van der Waals surface area contributed by atoms with E-state index in [4.69, 9.17) is 9.47 Å². The van der Waals surface area contributed by atoms with E-state index in [2.05, 4.69) is 156 Å². The molecule has 214 valence electrons. The zero-order chi connectivity index (χ0) is 29.9.